The number of hydrogen-bond donors (Lipinski definition) is 1. The molecular formula is C18H23N3O3. The number of likely N-dealkylation sites (N-methyl/N-ethyl adjacent to an activating group) is 1. The smallest absolute Gasteiger partial charge is 0.341 e. The van der Waals surface area contributed by atoms with Crippen molar-refractivity contribution in [1.82, 2.24) is 9.88 Å². The van der Waals surface area contributed by atoms with Gasteiger partial charge in [-0.05, 0) is 20.0 Å². The van der Waals surface area contributed by atoms with E-state index in [0.29, 0.717) is 18.7 Å². The molecule has 1 aromatic carbocycles. The van der Waals surface area contributed by atoms with E-state index in [-0.39, 0.29) is 12.1 Å². The third-order valence-electron chi connectivity index (χ3n) is 4.12. The van der Waals surface area contributed by atoms with Crippen molar-refractivity contribution < 1.29 is 14.3 Å². The number of carbonyl (C=O) groups is 1. The molecule has 3 rings (SSSR count). The Morgan fingerprint density at radius 1 is 1.46 bits per heavy atom. The molecule has 0 spiro atoms. The molecule has 1 saturated heterocycles. The third kappa shape index (κ3) is 3.66. The second-order valence-electron chi connectivity index (χ2n) is 5.92. The zero-order chi connectivity index (χ0) is 16.9. The Morgan fingerprint density at radius 3 is 3.08 bits per heavy atom. The highest BCUT2D eigenvalue weighted by Gasteiger charge is 2.20. The van der Waals surface area contributed by atoms with E-state index in [0.717, 1.165) is 36.3 Å². The van der Waals surface area contributed by atoms with Crippen molar-refractivity contribution in [3.8, 4) is 0 Å². The van der Waals surface area contributed by atoms with Gasteiger partial charge in [0.05, 0.1) is 30.5 Å². The van der Waals surface area contributed by atoms with Crippen molar-refractivity contribution >= 4 is 22.6 Å². The number of morpholine rings is 1. The number of nitrogens with zero attached hydrogens (tertiary/aromatic N) is 2. The standard InChI is InChI=1S/C18H23N3O3/c1-3-23-18(22)15-11-19-16-7-5-4-6-14(16)17(15)20-10-13-12-21(2)8-9-24-13/h4-7,11,13H,3,8-10,12H2,1-2H3,(H,19,20). The van der Waals surface area contributed by atoms with E-state index in [2.05, 4.69) is 22.2 Å². The minimum absolute atomic E-state index is 0.0886. The Kier molecular flexibility index (Phi) is 5.27. The number of fused-ring (bicyclic) bond motifs is 1. The Balaban J connectivity index is 1.88. The van der Waals surface area contributed by atoms with E-state index in [4.69, 9.17) is 9.47 Å². The van der Waals surface area contributed by atoms with Crippen LogP contribution in [0.25, 0.3) is 10.9 Å². The fourth-order valence-corrected chi connectivity index (χ4v) is 2.90. The maximum atomic E-state index is 12.3. The van der Waals surface area contributed by atoms with Gasteiger partial charge in [-0.1, -0.05) is 18.2 Å². The Hall–Kier alpha value is -2.18. The summed E-state index contributed by atoms with van der Waals surface area (Å²) in [6.45, 7) is 5.30. The first-order valence-electron chi connectivity index (χ1n) is 8.28. The lowest BCUT2D eigenvalue weighted by atomic mass is 10.1. The van der Waals surface area contributed by atoms with Crippen LogP contribution in [0, 0.1) is 0 Å². The van der Waals surface area contributed by atoms with Crippen LogP contribution in [0.1, 0.15) is 17.3 Å². The summed E-state index contributed by atoms with van der Waals surface area (Å²) in [6, 6.07) is 7.76. The molecule has 1 unspecified atom stereocenters. The van der Waals surface area contributed by atoms with E-state index in [9.17, 15) is 4.79 Å². The largest absolute Gasteiger partial charge is 0.462 e. The van der Waals surface area contributed by atoms with Gasteiger partial charge in [-0.25, -0.2) is 4.79 Å². The summed E-state index contributed by atoms with van der Waals surface area (Å²) >= 11 is 0. The predicted octanol–water partition coefficient (Wildman–Crippen LogP) is 2.15. The topological polar surface area (TPSA) is 63.7 Å². The molecule has 1 aromatic heterocycles. The van der Waals surface area contributed by atoms with Gasteiger partial charge in [0.2, 0.25) is 0 Å². The molecule has 0 saturated carbocycles. The zero-order valence-corrected chi connectivity index (χ0v) is 14.1. The summed E-state index contributed by atoms with van der Waals surface area (Å²) < 4.78 is 11.0. The fraction of sp³-hybridized carbons (Fsp3) is 0.444. The van der Waals surface area contributed by atoms with E-state index >= 15 is 0 Å². The minimum Gasteiger partial charge on any atom is -0.462 e. The molecule has 0 bridgehead atoms. The monoisotopic (exact) mass is 329 g/mol. The lowest BCUT2D eigenvalue weighted by Gasteiger charge is -2.30. The van der Waals surface area contributed by atoms with Crippen LogP contribution in [0.2, 0.25) is 0 Å². The molecule has 6 heteroatoms. The molecule has 1 fully saturated rings. The molecule has 128 valence electrons. The molecule has 0 amide bonds. The van der Waals surface area contributed by atoms with E-state index < -0.39 is 0 Å². The Bertz CT molecular complexity index is 720. The molecule has 1 aliphatic rings. The number of para-hydroxylation sites is 1. The second kappa shape index (κ2) is 7.59. The van der Waals surface area contributed by atoms with Gasteiger partial charge in [0.15, 0.2) is 0 Å². The first kappa shape index (κ1) is 16.7. The van der Waals surface area contributed by atoms with Crippen molar-refractivity contribution in [3.05, 3.63) is 36.0 Å². The summed E-state index contributed by atoms with van der Waals surface area (Å²) in [5, 5.41) is 4.30. The number of hydrogen-bond acceptors (Lipinski definition) is 6. The average Bonchev–Trinajstić information content (AvgIpc) is 2.59. The second-order valence-corrected chi connectivity index (χ2v) is 5.92. The lowest BCUT2D eigenvalue weighted by molar-refractivity contribution is -0.0117. The lowest BCUT2D eigenvalue weighted by Crippen LogP contribution is -2.43. The highest BCUT2D eigenvalue weighted by atomic mass is 16.5. The maximum absolute atomic E-state index is 12.3. The number of aromatic nitrogens is 1. The highest BCUT2D eigenvalue weighted by Crippen LogP contribution is 2.26. The average molecular weight is 329 g/mol. The normalized spacial score (nSPS) is 18.5. The van der Waals surface area contributed by atoms with E-state index in [1.54, 1.807) is 13.1 Å². The first-order valence-corrected chi connectivity index (χ1v) is 8.28. The SMILES string of the molecule is CCOC(=O)c1cnc2ccccc2c1NCC1CN(C)CCO1. The van der Waals surface area contributed by atoms with Crippen LogP contribution < -0.4 is 5.32 Å². The zero-order valence-electron chi connectivity index (χ0n) is 14.1. The number of ether oxygens (including phenoxy) is 2. The van der Waals surface area contributed by atoms with Crippen molar-refractivity contribution in [1.29, 1.82) is 0 Å². The molecule has 1 atom stereocenters. The highest BCUT2D eigenvalue weighted by molar-refractivity contribution is 6.04. The van der Waals surface area contributed by atoms with Crippen LogP contribution in [0.5, 0.6) is 0 Å². The molecule has 0 radical (unpaired) electrons. The van der Waals surface area contributed by atoms with Crippen molar-refractivity contribution in [3.63, 3.8) is 0 Å². The van der Waals surface area contributed by atoms with Crippen molar-refractivity contribution in [2.24, 2.45) is 0 Å². The quantitative estimate of drug-likeness (QED) is 0.848. The molecular weight excluding hydrogens is 306 g/mol. The van der Waals surface area contributed by atoms with Gasteiger partial charge in [0.25, 0.3) is 0 Å². The van der Waals surface area contributed by atoms with Gasteiger partial charge >= 0.3 is 5.97 Å². The number of carbonyl (C=O) groups excluding carboxylic acids is 1. The van der Waals surface area contributed by atoms with E-state index in [1.807, 2.05) is 24.3 Å². The molecule has 2 heterocycles. The maximum Gasteiger partial charge on any atom is 0.341 e. The summed E-state index contributed by atoms with van der Waals surface area (Å²) in [6.07, 6.45) is 1.67. The van der Waals surface area contributed by atoms with Crippen LogP contribution in [0.3, 0.4) is 0 Å². The van der Waals surface area contributed by atoms with Crippen molar-refractivity contribution in [2.45, 2.75) is 13.0 Å². The van der Waals surface area contributed by atoms with Gasteiger partial charge in [0.1, 0.15) is 5.56 Å². The molecule has 0 aliphatic carbocycles. The summed E-state index contributed by atoms with van der Waals surface area (Å²) in [4.78, 5) is 18.9. The van der Waals surface area contributed by atoms with Gasteiger partial charge in [-0.15, -0.1) is 0 Å². The van der Waals surface area contributed by atoms with E-state index in [1.165, 1.54) is 0 Å². The summed E-state index contributed by atoms with van der Waals surface area (Å²) in [5.41, 5.74) is 2.06. The number of nitrogens with one attached hydrogen (secondary N) is 1. The van der Waals surface area contributed by atoms with Crippen LogP contribution in [0.15, 0.2) is 30.5 Å². The molecule has 6 nitrogen and oxygen atoms in total. The van der Waals surface area contributed by atoms with Gasteiger partial charge in [-0.2, -0.15) is 0 Å². The molecule has 1 N–H and O–H groups in total. The van der Waals surface area contributed by atoms with Crippen LogP contribution in [-0.4, -0.2) is 61.9 Å². The van der Waals surface area contributed by atoms with Crippen LogP contribution >= 0.6 is 0 Å². The van der Waals surface area contributed by atoms with Gasteiger partial charge in [-0.3, -0.25) is 4.98 Å². The summed E-state index contributed by atoms with van der Waals surface area (Å²) in [5.74, 6) is -0.361. The Morgan fingerprint density at radius 2 is 2.29 bits per heavy atom. The molecule has 24 heavy (non-hydrogen) atoms. The number of pyridine rings is 1. The number of anilines is 1. The third-order valence-corrected chi connectivity index (χ3v) is 4.12. The minimum atomic E-state index is -0.361. The number of benzene rings is 1. The number of rotatable bonds is 5. The number of esters is 1. The Labute approximate surface area is 141 Å². The first-order chi connectivity index (χ1) is 11.7. The predicted molar refractivity (Wildman–Crippen MR) is 93.4 cm³/mol. The van der Waals surface area contributed by atoms with Crippen LogP contribution in [0.4, 0.5) is 5.69 Å². The fourth-order valence-electron chi connectivity index (χ4n) is 2.90. The van der Waals surface area contributed by atoms with Gasteiger partial charge < -0.3 is 19.7 Å². The molecule has 2 aromatic rings. The van der Waals surface area contributed by atoms with Crippen LogP contribution in [-0.2, 0) is 9.47 Å². The summed E-state index contributed by atoms with van der Waals surface area (Å²) in [7, 11) is 2.08. The van der Waals surface area contributed by atoms with Gasteiger partial charge in [0, 0.05) is 31.2 Å². The molecule has 1 aliphatic heterocycles. The van der Waals surface area contributed by atoms with Crippen molar-refractivity contribution in [2.75, 3.05) is 45.2 Å².